The number of primary amides is 1. The molecule has 0 aliphatic heterocycles. The van der Waals surface area contributed by atoms with E-state index in [1.54, 1.807) is 0 Å². The minimum absolute atomic E-state index is 0.437. The molecule has 0 bridgehead atoms. The van der Waals surface area contributed by atoms with Crippen LogP contribution in [0.3, 0.4) is 0 Å². The molecule has 16 heavy (non-hydrogen) atoms. The van der Waals surface area contributed by atoms with Crippen LogP contribution in [-0.4, -0.2) is 10.5 Å². The van der Waals surface area contributed by atoms with Crippen molar-refractivity contribution in [2.75, 3.05) is 0 Å². The number of carbonyl (C=O) groups excluding carboxylic acids is 1. The number of hydrogen-bond acceptors (Lipinski definition) is 1. The quantitative estimate of drug-likeness (QED) is 0.777. The number of para-hydroxylation sites is 1. The molecule has 1 aromatic heterocycles. The molecule has 0 atom stereocenters. The van der Waals surface area contributed by atoms with Crippen molar-refractivity contribution < 1.29 is 4.79 Å². The van der Waals surface area contributed by atoms with Crippen molar-refractivity contribution in [2.45, 2.75) is 6.42 Å². The lowest BCUT2D eigenvalue weighted by atomic mass is 10.1. The molecule has 0 saturated heterocycles. The van der Waals surface area contributed by atoms with E-state index in [2.05, 4.69) is 6.58 Å². The molecule has 3 heteroatoms. The smallest absolute Gasteiger partial charge is 0.244 e. The Morgan fingerprint density at radius 1 is 1.44 bits per heavy atom. The first kappa shape index (κ1) is 10.5. The standard InChI is InChI=1S/C13H14N2O/c1-9(13(14)16)7-10-8-15(2)12-6-4-3-5-11(10)12/h3-6,8H,1,7H2,2H3,(H2,14,16). The molecule has 1 heterocycles. The van der Waals surface area contributed by atoms with Gasteiger partial charge in [-0.15, -0.1) is 0 Å². The minimum Gasteiger partial charge on any atom is -0.366 e. The third kappa shape index (κ3) is 1.72. The molecule has 2 aromatic rings. The van der Waals surface area contributed by atoms with Gasteiger partial charge in [0.25, 0.3) is 0 Å². The summed E-state index contributed by atoms with van der Waals surface area (Å²) in [6, 6.07) is 8.07. The van der Waals surface area contributed by atoms with Crippen LogP contribution in [0.2, 0.25) is 0 Å². The molecular formula is C13H14N2O. The Labute approximate surface area is 94.2 Å². The third-order valence-electron chi connectivity index (χ3n) is 2.73. The van der Waals surface area contributed by atoms with Gasteiger partial charge in [-0.3, -0.25) is 4.79 Å². The van der Waals surface area contributed by atoms with Crippen LogP contribution in [0.4, 0.5) is 0 Å². The van der Waals surface area contributed by atoms with Gasteiger partial charge in [0.1, 0.15) is 0 Å². The Hall–Kier alpha value is -2.03. The van der Waals surface area contributed by atoms with Crippen LogP contribution in [0.5, 0.6) is 0 Å². The van der Waals surface area contributed by atoms with Crippen LogP contribution in [0.15, 0.2) is 42.6 Å². The minimum atomic E-state index is -0.437. The van der Waals surface area contributed by atoms with Crippen molar-refractivity contribution in [3.63, 3.8) is 0 Å². The van der Waals surface area contributed by atoms with E-state index in [4.69, 9.17) is 5.73 Å². The first-order chi connectivity index (χ1) is 7.59. The summed E-state index contributed by atoms with van der Waals surface area (Å²) in [4.78, 5) is 11.0. The highest BCUT2D eigenvalue weighted by molar-refractivity contribution is 5.93. The molecule has 0 fully saturated rings. The summed E-state index contributed by atoms with van der Waals surface area (Å²) in [5.41, 5.74) is 7.86. The molecule has 82 valence electrons. The average Bonchev–Trinajstić information content (AvgIpc) is 2.57. The van der Waals surface area contributed by atoms with Crippen molar-refractivity contribution >= 4 is 16.8 Å². The highest BCUT2D eigenvalue weighted by Crippen LogP contribution is 2.22. The van der Waals surface area contributed by atoms with E-state index in [0.717, 1.165) is 16.5 Å². The normalized spacial score (nSPS) is 10.6. The monoisotopic (exact) mass is 214 g/mol. The van der Waals surface area contributed by atoms with Crippen molar-refractivity contribution in [3.8, 4) is 0 Å². The summed E-state index contributed by atoms with van der Waals surface area (Å²) >= 11 is 0. The highest BCUT2D eigenvalue weighted by atomic mass is 16.1. The summed E-state index contributed by atoms with van der Waals surface area (Å²) in [6.07, 6.45) is 2.52. The molecule has 0 aliphatic rings. The number of benzene rings is 1. The Bertz CT molecular complexity index is 566. The van der Waals surface area contributed by atoms with Crippen LogP contribution < -0.4 is 5.73 Å². The van der Waals surface area contributed by atoms with Crippen molar-refractivity contribution in [1.29, 1.82) is 0 Å². The molecule has 0 saturated carbocycles. The second kappa shape index (κ2) is 3.85. The summed E-state index contributed by atoms with van der Waals surface area (Å²) in [7, 11) is 1.98. The van der Waals surface area contributed by atoms with Gasteiger partial charge in [-0.2, -0.15) is 0 Å². The largest absolute Gasteiger partial charge is 0.366 e. The van der Waals surface area contributed by atoms with Crippen LogP contribution in [-0.2, 0) is 18.3 Å². The number of hydrogen-bond donors (Lipinski definition) is 1. The number of aromatic nitrogens is 1. The van der Waals surface area contributed by atoms with Crippen LogP contribution in [0.25, 0.3) is 10.9 Å². The molecule has 2 rings (SSSR count). The number of nitrogens with zero attached hydrogens (tertiary/aromatic N) is 1. The summed E-state index contributed by atoms with van der Waals surface area (Å²) in [5.74, 6) is -0.437. The van der Waals surface area contributed by atoms with E-state index in [1.165, 1.54) is 0 Å². The molecule has 0 unspecified atom stereocenters. The van der Waals surface area contributed by atoms with Gasteiger partial charge in [-0.25, -0.2) is 0 Å². The van der Waals surface area contributed by atoms with E-state index in [0.29, 0.717) is 12.0 Å². The molecule has 2 N–H and O–H groups in total. The zero-order valence-corrected chi connectivity index (χ0v) is 9.23. The van der Waals surface area contributed by atoms with Gasteiger partial charge in [-0.1, -0.05) is 24.8 Å². The van der Waals surface area contributed by atoms with Crippen LogP contribution >= 0.6 is 0 Å². The van der Waals surface area contributed by atoms with Crippen molar-refractivity contribution in [3.05, 3.63) is 48.2 Å². The van der Waals surface area contributed by atoms with Gasteiger partial charge in [0.2, 0.25) is 5.91 Å². The topological polar surface area (TPSA) is 48.0 Å². The third-order valence-corrected chi connectivity index (χ3v) is 2.73. The lowest BCUT2D eigenvalue weighted by Gasteiger charge is -1.99. The molecule has 1 amide bonds. The van der Waals surface area contributed by atoms with E-state index >= 15 is 0 Å². The van der Waals surface area contributed by atoms with Crippen molar-refractivity contribution in [1.82, 2.24) is 4.57 Å². The fraction of sp³-hybridized carbons (Fsp3) is 0.154. The summed E-state index contributed by atoms with van der Waals surface area (Å²) in [5, 5.41) is 1.15. The van der Waals surface area contributed by atoms with Gasteiger partial charge in [0, 0.05) is 36.1 Å². The highest BCUT2D eigenvalue weighted by Gasteiger charge is 2.09. The fourth-order valence-corrected chi connectivity index (χ4v) is 1.88. The van der Waals surface area contributed by atoms with E-state index < -0.39 is 5.91 Å². The lowest BCUT2D eigenvalue weighted by molar-refractivity contribution is -0.114. The second-order valence-electron chi connectivity index (χ2n) is 3.93. The maximum atomic E-state index is 11.0. The Balaban J connectivity index is 2.46. The second-order valence-corrected chi connectivity index (χ2v) is 3.93. The average molecular weight is 214 g/mol. The Kier molecular flexibility index (Phi) is 2.52. The molecule has 0 aliphatic carbocycles. The number of rotatable bonds is 3. The van der Waals surface area contributed by atoms with Gasteiger partial charge in [-0.05, 0) is 11.6 Å². The number of carbonyl (C=O) groups is 1. The first-order valence-corrected chi connectivity index (χ1v) is 5.10. The van der Waals surface area contributed by atoms with Crippen molar-refractivity contribution in [2.24, 2.45) is 12.8 Å². The van der Waals surface area contributed by atoms with Crippen LogP contribution in [0.1, 0.15) is 5.56 Å². The predicted octanol–water partition coefficient (Wildman–Crippen LogP) is 1.76. The lowest BCUT2D eigenvalue weighted by Crippen LogP contribution is -2.14. The molecular weight excluding hydrogens is 200 g/mol. The molecule has 1 aromatic carbocycles. The van der Waals surface area contributed by atoms with Crippen LogP contribution in [0, 0.1) is 0 Å². The SMILES string of the molecule is C=C(Cc1cn(C)c2ccccc12)C(N)=O. The zero-order chi connectivity index (χ0) is 11.7. The molecule has 3 nitrogen and oxygen atoms in total. The first-order valence-electron chi connectivity index (χ1n) is 5.10. The van der Waals surface area contributed by atoms with Gasteiger partial charge < -0.3 is 10.3 Å². The fourth-order valence-electron chi connectivity index (χ4n) is 1.88. The van der Waals surface area contributed by atoms with E-state index in [1.807, 2.05) is 42.1 Å². The maximum Gasteiger partial charge on any atom is 0.244 e. The Morgan fingerprint density at radius 2 is 2.12 bits per heavy atom. The predicted molar refractivity (Wildman–Crippen MR) is 65.0 cm³/mol. The van der Waals surface area contributed by atoms with E-state index in [-0.39, 0.29) is 0 Å². The zero-order valence-electron chi connectivity index (χ0n) is 9.23. The number of nitrogens with two attached hydrogens (primary N) is 1. The van der Waals surface area contributed by atoms with Gasteiger partial charge in [0.15, 0.2) is 0 Å². The number of aryl methyl sites for hydroxylation is 1. The molecule has 0 radical (unpaired) electrons. The van der Waals surface area contributed by atoms with Gasteiger partial charge >= 0.3 is 0 Å². The number of amides is 1. The molecule has 0 spiro atoms. The maximum absolute atomic E-state index is 11.0. The number of fused-ring (bicyclic) bond motifs is 1. The summed E-state index contributed by atoms with van der Waals surface area (Å²) in [6.45, 7) is 3.68. The summed E-state index contributed by atoms with van der Waals surface area (Å²) < 4.78 is 2.04. The van der Waals surface area contributed by atoms with E-state index in [9.17, 15) is 4.79 Å². The Morgan fingerprint density at radius 3 is 2.81 bits per heavy atom. The van der Waals surface area contributed by atoms with Gasteiger partial charge in [0.05, 0.1) is 0 Å².